The molecule has 0 unspecified atom stereocenters. The SMILES string of the molecule is O=C(O)CN1C[C@H](c2ccccc2)N[14C]1=S. The van der Waals surface area contributed by atoms with Gasteiger partial charge in [-0.2, -0.15) is 0 Å². The number of nitrogens with one attached hydrogen (secondary N) is 1. The Bertz CT molecular complexity index is 408. The zero-order valence-electron chi connectivity index (χ0n) is 8.59. The van der Waals surface area contributed by atoms with Crippen LogP contribution in [-0.2, 0) is 4.79 Å². The first-order valence-electron chi connectivity index (χ1n) is 4.99. The molecule has 1 atom stereocenters. The molecule has 2 rings (SSSR count). The van der Waals surface area contributed by atoms with Crippen LogP contribution in [0.15, 0.2) is 30.3 Å². The van der Waals surface area contributed by atoms with Crippen molar-refractivity contribution in [1.29, 1.82) is 0 Å². The summed E-state index contributed by atoms with van der Waals surface area (Å²) in [7, 11) is 0. The molecule has 0 spiro atoms. The van der Waals surface area contributed by atoms with Crippen molar-refractivity contribution in [2.45, 2.75) is 6.04 Å². The Morgan fingerprint density at radius 3 is 2.88 bits per heavy atom. The van der Waals surface area contributed by atoms with E-state index in [1.807, 2.05) is 30.3 Å². The molecule has 0 radical (unpaired) electrons. The maximum absolute atomic E-state index is 10.6. The minimum absolute atomic E-state index is 0.0465. The average molecular weight is 238 g/mol. The van der Waals surface area contributed by atoms with E-state index in [2.05, 4.69) is 5.32 Å². The summed E-state index contributed by atoms with van der Waals surface area (Å²) >= 11 is 5.09. The average Bonchev–Trinajstić information content (AvgIpc) is 2.61. The van der Waals surface area contributed by atoms with Gasteiger partial charge in [0.05, 0.1) is 6.04 Å². The lowest BCUT2D eigenvalue weighted by molar-refractivity contribution is -0.137. The normalized spacial score (nSPS) is 19.6. The molecule has 0 aliphatic carbocycles. The van der Waals surface area contributed by atoms with Crippen LogP contribution in [0.25, 0.3) is 0 Å². The molecular weight excluding hydrogens is 226 g/mol. The van der Waals surface area contributed by atoms with Crippen LogP contribution in [0.3, 0.4) is 0 Å². The predicted octanol–water partition coefficient (Wildman–Crippen LogP) is 1.00. The van der Waals surface area contributed by atoms with Gasteiger partial charge in [0.15, 0.2) is 5.11 Å². The van der Waals surface area contributed by atoms with Crippen LogP contribution in [0.2, 0.25) is 0 Å². The molecule has 1 saturated heterocycles. The summed E-state index contributed by atoms with van der Waals surface area (Å²) in [4.78, 5) is 12.3. The Labute approximate surface area is 98.9 Å². The summed E-state index contributed by atoms with van der Waals surface area (Å²) < 4.78 is 0. The zero-order chi connectivity index (χ0) is 11.5. The fourth-order valence-corrected chi connectivity index (χ4v) is 2.04. The van der Waals surface area contributed by atoms with E-state index in [9.17, 15) is 4.79 Å². The largest absolute Gasteiger partial charge is 0.480 e. The van der Waals surface area contributed by atoms with E-state index < -0.39 is 5.97 Å². The third-order valence-electron chi connectivity index (χ3n) is 2.52. The molecule has 1 fully saturated rings. The summed E-state index contributed by atoms with van der Waals surface area (Å²) in [5.41, 5.74) is 1.12. The van der Waals surface area contributed by atoms with E-state index in [1.54, 1.807) is 4.90 Å². The Kier molecular flexibility index (Phi) is 3.05. The van der Waals surface area contributed by atoms with E-state index >= 15 is 0 Å². The number of nitrogens with zero attached hydrogens (tertiary/aromatic N) is 1. The minimum Gasteiger partial charge on any atom is -0.480 e. The number of aliphatic carboxylic acids is 1. The highest BCUT2D eigenvalue weighted by Gasteiger charge is 2.27. The van der Waals surface area contributed by atoms with Gasteiger partial charge in [-0.25, -0.2) is 0 Å². The first kappa shape index (κ1) is 10.9. The standard InChI is InChI=1S/C11H12N2O2S/c14-10(15)7-13-6-9(12-11(13)16)8-4-2-1-3-5-8/h1-5,9H,6-7H2,(H,12,16)(H,14,15)/t9-/m1/s1/i11+2. The quantitative estimate of drug-likeness (QED) is 0.769. The van der Waals surface area contributed by atoms with Gasteiger partial charge in [0.1, 0.15) is 6.54 Å². The van der Waals surface area contributed by atoms with Crippen molar-refractivity contribution >= 4 is 23.3 Å². The molecule has 2 N–H and O–H groups in total. The molecule has 0 saturated carbocycles. The van der Waals surface area contributed by atoms with E-state index in [-0.39, 0.29) is 12.6 Å². The molecule has 1 aliphatic heterocycles. The van der Waals surface area contributed by atoms with Gasteiger partial charge in [0.2, 0.25) is 0 Å². The second-order valence-electron chi connectivity index (χ2n) is 3.69. The molecular formula is C11H12N2O2S. The first-order valence-corrected chi connectivity index (χ1v) is 5.40. The molecule has 84 valence electrons. The molecule has 1 aromatic carbocycles. The molecule has 1 aromatic rings. The lowest BCUT2D eigenvalue weighted by Gasteiger charge is -2.13. The predicted molar refractivity (Wildman–Crippen MR) is 64.1 cm³/mol. The van der Waals surface area contributed by atoms with Gasteiger partial charge in [-0.15, -0.1) is 0 Å². The number of benzene rings is 1. The second kappa shape index (κ2) is 4.49. The Morgan fingerprint density at radius 1 is 1.56 bits per heavy atom. The highest BCUT2D eigenvalue weighted by molar-refractivity contribution is 7.80. The van der Waals surface area contributed by atoms with Crippen LogP contribution in [-0.4, -0.2) is 34.2 Å². The summed E-state index contributed by atoms with van der Waals surface area (Å²) in [5.74, 6) is -0.863. The van der Waals surface area contributed by atoms with Gasteiger partial charge in [0.25, 0.3) is 0 Å². The van der Waals surface area contributed by atoms with Gasteiger partial charge in [-0.05, 0) is 17.8 Å². The molecule has 5 heteroatoms. The van der Waals surface area contributed by atoms with Crippen LogP contribution in [0, 0.1) is 0 Å². The van der Waals surface area contributed by atoms with Crippen LogP contribution in [0.1, 0.15) is 11.6 Å². The monoisotopic (exact) mass is 238 g/mol. The van der Waals surface area contributed by atoms with Gasteiger partial charge >= 0.3 is 5.97 Å². The van der Waals surface area contributed by atoms with Crippen molar-refractivity contribution in [3.63, 3.8) is 0 Å². The van der Waals surface area contributed by atoms with Gasteiger partial charge in [-0.1, -0.05) is 30.3 Å². The van der Waals surface area contributed by atoms with Crippen molar-refractivity contribution in [3.05, 3.63) is 35.9 Å². The molecule has 0 bridgehead atoms. The summed E-state index contributed by atoms with van der Waals surface area (Å²) in [5, 5.41) is 12.3. The Hall–Kier alpha value is -1.62. The third-order valence-corrected chi connectivity index (χ3v) is 2.89. The van der Waals surface area contributed by atoms with E-state index in [1.165, 1.54) is 0 Å². The van der Waals surface area contributed by atoms with Crippen LogP contribution in [0.5, 0.6) is 0 Å². The topological polar surface area (TPSA) is 52.6 Å². The molecule has 0 amide bonds. The fourth-order valence-electron chi connectivity index (χ4n) is 1.76. The summed E-state index contributed by atoms with van der Waals surface area (Å²) in [6, 6.07) is 9.97. The van der Waals surface area contributed by atoms with Crippen molar-refractivity contribution in [2.24, 2.45) is 0 Å². The first-order chi connectivity index (χ1) is 7.66. The van der Waals surface area contributed by atoms with Crippen molar-refractivity contribution < 1.29 is 9.90 Å². The number of carbonyl (C=O) groups is 1. The zero-order valence-corrected chi connectivity index (χ0v) is 9.41. The number of rotatable bonds is 3. The lowest BCUT2D eigenvalue weighted by atomic mass is 10.1. The van der Waals surface area contributed by atoms with Gasteiger partial charge in [0, 0.05) is 6.54 Å². The van der Waals surface area contributed by atoms with Crippen molar-refractivity contribution in [2.75, 3.05) is 13.1 Å². The maximum atomic E-state index is 10.6. The molecule has 16 heavy (non-hydrogen) atoms. The Morgan fingerprint density at radius 2 is 2.25 bits per heavy atom. The third kappa shape index (κ3) is 2.30. The molecule has 0 aromatic heterocycles. The second-order valence-corrected chi connectivity index (χ2v) is 4.07. The number of thiocarbonyl (C=S) groups is 1. The summed E-state index contributed by atoms with van der Waals surface area (Å²) in [6.45, 7) is 0.560. The minimum atomic E-state index is -0.863. The van der Waals surface area contributed by atoms with Crippen molar-refractivity contribution in [3.8, 4) is 0 Å². The number of hydrogen-bond acceptors (Lipinski definition) is 2. The van der Waals surface area contributed by atoms with Crippen molar-refractivity contribution in [1.82, 2.24) is 10.2 Å². The van der Waals surface area contributed by atoms with E-state index in [0.717, 1.165) is 5.56 Å². The van der Waals surface area contributed by atoms with Gasteiger partial charge < -0.3 is 15.3 Å². The smallest absolute Gasteiger partial charge is 0.323 e. The number of carboxylic acid groups (broad SMARTS) is 1. The highest BCUT2D eigenvalue weighted by atomic mass is 32.1. The van der Waals surface area contributed by atoms with Gasteiger partial charge in [-0.3, -0.25) is 4.79 Å². The molecule has 1 heterocycles. The maximum Gasteiger partial charge on any atom is 0.323 e. The van der Waals surface area contributed by atoms with Crippen LogP contribution in [0.4, 0.5) is 0 Å². The van der Waals surface area contributed by atoms with E-state index in [0.29, 0.717) is 11.7 Å². The molecule has 1 aliphatic rings. The Balaban J connectivity index is 2.07. The highest BCUT2D eigenvalue weighted by Crippen LogP contribution is 2.19. The number of carboxylic acids is 1. The van der Waals surface area contributed by atoms with Crippen LogP contribution >= 0.6 is 12.2 Å². The lowest BCUT2D eigenvalue weighted by Crippen LogP contribution is -2.32. The fraction of sp³-hybridized carbons (Fsp3) is 0.273. The number of hydrogen-bond donors (Lipinski definition) is 2. The summed E-state index contributed by atoms with van der Waals surface area (Å²) in [6.07, 6.45) is 0. The molecule has 4 nitrogen and oxygen atoms in total. The van der Waals surface area contributed by atoms with Crippen LogP contribution < -0.4 is 5.32 Å². The van der Waals surface area contributed by atoms with E-state index in [4.69, 9.17) is 17.3 Å².